The monoisotopic (exact) mass is 312 g/mol. The van der Waals surface area contributed by atoms with Crippen LogP contribution >= 0.6 is 0 Å². The Balaban J connectivity index is 2.90. The Morgan fingerprint density at radius 3 is 2.19 bits per heavy atom. The number of hydrogen-bond acceptors (Lipinski definition) is 4. The van der Waals surface area contributed by atoms with Crippen molar-refractivity contribution in [3.63, 3.8) is 0 Å². The highest BCUT2D eigenvalue weighted by Crippen LogP contribution is 2.17. The third kappa shape index (κ3) is 4.54. The van der Waals surface area contributed by atoms with Crippen molar-refractivity contribution in [2.45, 2.75) is 25.7 Å². The van der Waals surface area contributed by atoms with Gasteiger partial charge in [0.1, 0.15) is 0 Å². The quantitative estimate of drug-likeness (QED) is 0.864. The van der Waals surface area contributed by atoms with E-state index in [0.29, 0.717) is 18.7 Å². The molecule has 0 aliphatic heterocycles. The average molecular weight is 312 g/mol. The van der Waals surface area contributed by atoms with Crippen molar-refractivity contribution in [2.75, 3.05) is 25.9 Å². The topological polar surface area (TPSA) is 80.5 Å². The molecule has 0 spiro atoms. The van der Waals surface area contributed by atoms with Crippen molar-refractivity contribution < 1.29 is 13.2 Å². The van der Waals surface area contributed by atoms with Gasteiger partial charge < -0.3 is 10.6 Å². The molecule has 0 fully saturated rings. The van der Waals surface area contributed by atoms with E-state index in [4.69, 9.17) is 5.73 Å². The van der Waals surface area contributed by atoms with Crippen molar-refractivity contribution in [1.82, 2.24) is 4.90 Å². The summed E-state index contributed by atoms with van der Waals surface area (Å²) in [5.74, 6) is -0.0952. The highest BCUT2D eigenvalue weighted by atomic mass is 32.2. The van der Waals surface area contributed by atoms with Gasteiger partial charge in [-0.05, 0) is 36.2 Å². The van der Waals surface area contributed by atoms with E-state index in [2.05, 4.69) is 0 Å². The van der Waals surface area contributed by atoms with Gasteiger partial charge in [-0.25, -0.2) is 8.42 Å². The van der Waals surface area contributed by atoms with Crippen molar-refractivity contribution in [3.05, 3.63) is 29.8 Å². The Morgan fingerprint density at radius 2 is 1.76 bits per heavy atom. The largest absolute Gasteiger partial charge is 0.341 e. The van der Waals surface area contributed by atoms with Gasteiger partial charge in [-0.1, -0.05) is 20.8 Å². The van der Waals surface area contributed by atoms with Crippen LogP contribution in [0, 0.1) is 5.41 Å². The van der Waals surface area contributed by atoms with Gasteiger partial charge in [0.25, 0.3) is 5.91 Å². The molecule has 0 bridgehead atoms. The number of amides is 1. The number of hydrogen-bond donors (Lipinski definition) is 1. The third-order valence-corrected chi connectivity index (χ3v) is 5.16. The molecule has 2 N–H and O–H groups in total. The molecular formula is C15H24N2O3S. The summed E-state index contributed by atoms with van der Waals surface area (Å²) >= 11 is 0. The van der Waals surface area contributed by atoms with Crippen molar-refractivity contribution in [3.8, 4) is 0 Å². The van der Waals surface area contributed by atoms with Gasteiger partial charge in [0, 0.05) is 19.2 Å². The van der Waals surface area contributed by atoms with E-state index in [9.17, 15) is 13.2 Å². The normalized spacial score (nSPS) is 12.2. The van der Waals surface area contributed by atoms with Crippen molar-refractivity contribution in [1.29, 1.82) is 0 Å². The van der Waals surface area contributed by atoms with Crippen LogP contribution in [-0.4, -0.2) is 45.1 Å². The van der Waals surface area contributed by atoms with Crippen LogP contribution < -0.4 is 5.73 Å². The van der Waals surface area contributed by atoms with Crippen LogP contribution in [0.4, 0.5) is 0 Å². The predicted molar refractivity (Wildman–Crippen MR) is 84.0 cm³/mol. The molecule has 21 heavy (non-hydrogen) atoms. The molecule has 0 atom stereocenters. The Labute approximate surface area is 127 Å². The SMILES string of the molecule is CCS(=O)(=O)c1ccc(C(=O)N(C)CC(C)(C)CN)cc1. The van der Waals surface area contributed by atoms with Crippen molar-refractivity contribution in [2.24, 2.45) is 11.1 Å². The molecule has 0 aliphatic carbocycles. The Kier molecular flexibility index (Phi) is 5.53. The molecule has 1 aromatic carbocycles. The van der Waals surface area contributed by atoms with Gasteiger partial charge in [-0.2, -0.15) is 0 Å². The minimum atomic E-state index is -3.24. The Bertz CT molecular complexity index is 592. The summed E-state index contributed by atoms with van der Waals surface area (Å²) in [6, 6.07) is 6.07. The highest BCUT2D eigenvalue weighted by Gasteiger charge is 2.22. The van der Waals surface area contributed by atoms with Crippen LogP contribution in [0.25, 0.3) is 0 Å². The Hall–Kier alpha value is -1.40. The van der Waals surface area contributed by atoms with Crippen LogP contribution in [0.1, 0.15) is 31.1 Å². The first-order valence-electron chi connectivity index (χ1n) is 6.91. The molecule has 1 aromatic rings. The fourth-order valence-electron chi connectivity index (χ4n) is 1.97. The molecular weight excluding hydrogens is 288 g/mol. The van der Waals surface area contributed by atoms with E-state index >= 15 is 0 Å². The van der Waals surface area contributed by atoms with E-state index in [1.165, 1.54) is 12.1 Å². The molecule has 0 saturated carbocycles. The van der Waals surface area contributed by atoms with Crippen LogP contribution in [0.2, 0.25) is 0 Å². The maximum absolute atomic E-state index is 12.3. The summed E-state index contributed by atoms with van der Waals surface area (Å²) < 4.78 is 23.5. The first-order valence-corrected chi connectivity index (χ1v) is 8.56. The molecule has 1 rings (SSSR count). The Morgan fingerprint density at radius 1 is 1.24 bits per heavy atom. The number of benzene rings is 1. The zero-order chi connectivity index (χ0) is 16.3. The van der Waals surface area contributed by atoms with Gasteiger partial charge >= 0.3 is 0 Å². The van der Waals surface area contributed by atoms with Gasteiger partial charge in [0.05, 0.1) is 10.6 Å². The van der Waals surface area contributed by atoms with Gasteiger partial charge in [-0.15, -0.1) is 0 Å². The van der Waals surface area contributed by atoms with Crippen LogP contribution in [0.5, 0.6) is 0 Å². The maximum Gasteiger partial charge on any atom is 0.253 e. The third-order valence-electron chi connectivity index (χ3n) is 3.40. The summed E-state index contributed by atoms with van der Waals surface area (Å²) in [6.07, 6.45) is 0. The lowest BCUT2D eigenvalue weighted by molar-refractivity contribution is 0.0740. The van der Waals surface area contributed by atoms with Crippen molar-refractivity contribution >= 4 is 15.7 Å². The molecule has 0 aromatic heterocycles. The highest BCUT2D eigenvalue weighted by molar-refractivity contribution is 7.91. The minimum Gasteiger partial charge on any atom is -0.341 e. The summed E-state index contributed by atoms with van der Waals surface area (Å²) in [6.45, 7) is 6.61. The summed E-state index contributed by atoms with van der Waals surface area (Å²) in [7, 11) is -1.52. The van der Waals surface area contributed by atoms with Crippen LogP contribution in [0.15, 0.2) is 29.2 Å². The first-order chi connectivity index (χ1) is 9.63. The number of carbonyl (C=O) groups is 1. The van der Waals surface area contributed by atoms with Gasteiger partial charge in [-0.3, -0.25) is 4.79 Å². The zero-order valence-corrected chi connectivity index (χ0v) is 13.9. The molecule has 0 aliphatic rings. The number of nitrogens with zero attached hydrogens (tertiary/aromatic N) is 1. The van der Waals surface area contributed by atoms with E-state index < -0.39 is 9.84 Å². The maximum atomic E-state index is 12.3. The molecule has 6 heteroatoms. The minimum absolute atomic E-state index is 0.0465. The first kappa shape index (κ1) is 17.7. The zero-order valence-electron chi connectivity index (χ0n) is 13.1. The molecule has 1 amide bonds. The number of rotatable bonds is 6. The predicted octanol–water partition coefficient (Wildman–Crippen LogP) is 1.54. The van der Waals surface area contributed by atoms with E-state index in [0.717, 1.165) is 0 Å². The second-order valence-electron chi connectivity index (χ2n) is 5.96. The van der Waals surface area contributed by atoms with Gasteiger partial charge in [0.15, 0.2) is 9.84 Å². The van der Waals surface area contributed by atoms with Crippen LogP contribution in [-0.2, 0) is 9.84 Å². The van der Waals surface area contributed by atoms with Crippen LogP contribution in [0.3, 0.4) is 0 Å². The van der Waals surface area contributed by atoms with E-state index in [1.54, 1.807) is 31.0 Å². The molecule has 0 unspecified atom stereocenters. The second kappa shape index (κ2) is 6.58. The smallest absolute Gasteiger partial charge is 0.253 e. The molecule has 0 saturated heterocycles. The lowest BCUT2D eigenvalue weighted by Crippen LogP contribution is -2.39. The summed E-state index contributed by atoms with van der Waals surface area (Å²) in [4.78, 5) is 14.2. The lowest BCUT2D eigenvalue weighted by Gasteiger charge is -2.29. The fourth-order valence-corrected chi connectivity index (χ4v) is 2.85. The lowest BCUT2D eigenvalue weighted by atomic mass is 9.93. The van der Waals surface area contributed by atoms with E-state index in [-0.39, 0.29) is 22.0 Å². The van der Waals surface area contributed by atoms with E-state index in [1.807, 2.05) is 13.8 Å². The molecule has 5 nitrogen and oxygen atoms in total. The molecule has 118 valence electrons. The standard InChI is InChI=1S/C15H24N2O3S/c1-5-21(19,20)13-8-6-12(7-9-13)14(18)17(4)11-15(2,3)10-16/h6-9H,5,10-11,16H2,1-4H3. The molecule has 0 heterocycles. The molecule has 0 radical (unpaired) electrons. The number of sulfone groups is 1. The summed E-state index contributed by atoms with van der Waals surface area (Å²) in [5.41, 5.74) is 5.99. The summed E-state index contributed by atoms with van der Waals surface area (Å²) in [5, 5.41) is 0. The second-order valence-corrected chi connectivity index (χ2v) is 8.24. The number of carbonyl (C=O) groups excluding carboxylic acids is 1. The average Bonchev–Trinajstić information content (AvgIpc) is 2.46. The fraction of sp³-hybridized carbons (Fsp3) is 0.533. The van der Waals surface area contributed by atoms with Gasteiger partial charge in [0.2, 0.25) is 0 Å². The number of nitrogens with two attached hydrogens (primary N) is 1.